The lowest BCUT2D eigenvalue weighted by molar-refractivity contribution is -0.190. The van der Waals surface area contributed by atoms with Gasteiger partial charge in [-0.2, -0.15) is 0 Å². The van der Waals surface area contributed by atoms with Gasteiger partial charge in [0, 0.05) is 0 Å². The molecule has 34 heavy (non-hydrogen) atoms. The van der Waals surface area contributed by atoms with Crippen molar-refractivity contribution in [2.75, 3.05) is 52.9 Å². The Morgan fingerprint density at radius 1 is 0.412 bits per heavy atom. The first-order valence-electron chi connectivity index (χ1n) is 14.1. The van der Waals surface area contributed by atoms with Crippen LogP contribution in [0.5, 0.6) is 0 Å². The summed E-state index contributed by atoms with van der Waals surface area (Å²) in [5, 5.41) is 0. The molecule has 4 unspecified atom stereocenters. The Kier molecular flexibility index (Phi) is 12.4. The van der Waals surface area contributed by atoms with E-state index in [1.54, 1.807) is 0 Å². The molecule has 2 saturated heterocycles. The molecule has 2 heterocycles. The monoisotopic (exact) mass is 484 g/mol. The van der Waals surface area contributed by atoms with Crippen molar-refractivity contribution in [3.63, 3.8) is 0 Å². The zero-order chi connectivity index (χ0) is 23.3. The molecule has 0 spiro atoms. The summed E-state index contributed by atoms with van der Waals surface area (Å²) in [6.07, 6.45) is 17.5. The highest BCUT2D eigenvalue weighted by molar-refractivity contribution is 4.72. The molecule has 4 atom stereocenters. The molecule has 4 aliphatic rings. The molecular formula is C27H48O7. The number of rotatable bonds is 10. The van der Waals surface area contributed by atoms with Gasteiger partial charge < -0.3 is 33.2 Å². The van der Waals surface area contributed by atoms with E-state index in [9.17, 15) is 0 Å². The van der Waals surface area contributed by atoms with E-state index in [1.165, 1.54) is 83.5 Å². The molecule has 0 amide bonds. The molecule has 198 valence electrons. The van der Waals surface area contributed by atoms with Gasteiger partial charge in [-0.15, -0.1) is 0 Å². The summed E-state index contributed by atoms with van der Waals surface area (Å²) >= 11 is 0. The van der Waals surface area contributed by atoms with Crippen LogP contribution >= 0.6 is 0 Å². The Bertz CT molecular complexity index is 501. The maximum absolute atomic E-state index is 6.14. The fraction of sp³-hybridized carbons (Fsp3) is 1.00. The van der Waals surface area contributed by atoms with E-state index in [0.29, 0.717) is 65.1 Å². The summed E-state index contributed by atoms with van der Waals surface area (Å²) in [5.74, 6) is 0. The molecule has 0 N–H and O–H groups in total. The second-order valence-corrected chi connectivity index (χ2v) is 10.6. The first-order valence-corrected chi connectivity index (χ1v) is 14.1. The highest BCUT2D eigenvalue weighted by atomic mass is 16.6. The summed E-state index contributed by atoms with van der Waals surface area (Å²) in [7, 11) is 0. The van der Waals surface area contributed by atoms with E-state index in [4.69, 9.17) is 33.2 Å². The van der Waals surface area contributed by atoms with Gasteiger partial charge in [-0.1, -0.05) is 57.8 Å². The van der Waals surface area contributed by atoms with E-state index in [1.807, 2.05) is 0 Å². The zero-order valence-corrected chi connectivity index (χ0v) is 21.2. The second-order valence-electron chi connectivity index (χ2n) is 10.6. The van der Waals surface area contributed by atoms with Crippen molar-refractivity contribution in [2.24, 2.45) is 0 Å². The molecule has 4 rings (SSSR count). The van der Waals surface area contributed by atoms with Crippen LogP contribution in [0, 0.1) is 0 Å². The van der Waals surface area contributed by atoms with Crippen molar-refractivity contribution >= 4 is 0 Å². The maximum Gasteiger partial charge on any atom is 0.104 e. The van der Waals surface area contributed by atoms with Gasteiger partial charge in [0.15, 0.2) is 0 Å². The summed E-state index contributed by atoms with van der Waals surface area (Å²) < 4.78 is 41.9. The van der Waals surface area contributed by atoms with E-state index in [-0.39, 0.29) is 24.4 Å². The third-order valence-corrected chi connectivity index (χ3v) is 7.57. The van der Waals surface area contributed by atoms with Crippen LogP contribution in [0.2, 0.25) is 0 Å². The predicted molar refractivity (Wildman–Crippen MR) is 129 cm³/mol. The van der Waals surface area contributed by atoms with E-state index < -0.39 is 0 Å². The SMILES string of the molecule is C1CCCC(OCC2COC(COCC3COC(COC4CCCCCC4)CO3)CO2)CCC1. The van der Waals surface area contributed by atoms with Crippen LogP contribution in [-0.2, 0) is 33.2 Å². The Balaban J connectivity index is 0.996. The van der Waals surface area contributed by atoms with Gasteiger partial charge in [0.05, 0.1) is 65.1 Å². The molecule has 0 bridgehead atoms. The molecule has 0 aromatic heterocycles. The van der Waals surface area contributed by atoms with E-state index in [0.717, 1.165) is 0 Å². The quantitative estimate of drug-likeness (QED) is 0.425. The van der Waals surface area contributed by atoms with Gasteiger partial charge in [-0.25, -0.2) is 0 Å². The van der Waals surface area contributed by atoms with Crippen LogP contribution in [0.25, 0.3) is 0 Å². The third-order valence-electron chi connectivity index (χ3n) is 7.57. The standard InChI is InChI=1S/C27H48O7/c1-2-6-10-22(11-7-3-1)29-18-26-20-31-24(16-33-26)14-28-15-25-17-34-27(21-32-25)19-30-23-12-8-4-5-9-13-23/h22-27H,1-21H2. The molecular weight excluding hydrogens is 436 g/mol. The van der Waals surface area contributed by atoms with Gasteiger partial charge in [0.2, 0.25) is 0 Å². The molecule has 0 radical (unpaired) electrons. The van der Waals surface area contributed by atoms with Crippen LogP contribution in [0.3, 0.4) is 0 Å². The minimum atomic E-state index is -0.0251. The van der Waals surface area contributed by atoms with E-state index >= 15 is 0 Å². The summed E-state index contributed by atoms with van der Waals surface area (Å²) in [6, 6.07) is 0. The molecule has 4 fully saturated rings. The fourth-order valence-electron chi connectivity index (χ4n) is 5.36. The summed E-state index contributed by atoms with van der Waals surface area (Å²) in [6.45, 7) is 4.57. The first kappa shape index (κ1) is 26.8. The zero-order valence-electron chi connectivity index (χ0n) is 21.2. The highest BCUT2D eigenvalue weighted by Gasteiger charge is 2.27. The lowest BCUT2D eigenvalue weighted by Crippen LogP contribution is -2.43. The first-order chi connectivity index (χ1) is 16.8. The van der Waals surface area contributed by atoms with Gasteiger partial charge in [-0.3, -0.25) is 0 Å². The van der Waals surface area contributed by atoms with Crippen molar-refractivity contribution in [2.45, 2.75) is 120 Å². The fourth-order valence-corrected chi connectivity index (χ4v) is 5.36. The second kappa shape index (κ2) is 15.7. The van der Waals surface area contributed by atoms with E-state index in [2.05, 4.69) is 0 Å². The number of hydrogen-bond donors (Lipinski definition) is 0. The van der Waals surface area contributed by atoms with Crippen LogP contribution in [0.1, 0.15) is 83.5 Å². The summed E-state index contributed by atoms with van der Waals surface area (Å²) in [4.78, 5) is 0. The van der Waals surface area contributed by atoms with Crippen molar-refractivity contribution < 1.29 is 33.2 Å². The average Bonchev–Trinajstić information content (AvgIpc) is 3.13. The van der Waals surface area contributed by atoms with Crippen molar-refractivity contribution in [1.29, 1.82) is 0 Å². The Labute approximate surface area is 206 Å². The van der Waals surface area contributed by atoms with Crippen LogP contribution in [-0.4, -0.2) is 89.5 Å². The Hall–Kier alpha value is -0.280. The Morgan fingerprint density at radius 2 is 0.735 bits per heavy atom. The van der Waals surface area contributed by atoms with Crippen LogP contribution in [0.15, 0.2) is 0 Å². The lowest BCUT2D eigenvalue weighted by atomic mass is 9.98. The maximum atomic E-state index is 6.14. The van der Waals surface area contributed by atoms with Crippen molar-refractivity contribution in [1.82, 2.24) is 0 Å². The largest absolute Gasteiger partial charge is 0.376 e. The normalized spacial score (nSPS) is 33.2. The Morgan fingerprint density at radius 3 is 1.09 bits per heavy atom. The van der Waals surface area contributed by atoms with Crippen LogP contribution < -0.4 is 0 Å². The summed E-state index contributed by atoms with van der Waals surface area (Å²) in [5.41, 5.74) is 0. The van der Waals surface area contributed by atoms with Crippen LogP contribution in [0.4, 0.5) is 0 Å². The van der Waals surface area contributed by atoms with Crippen molar-refractivity contribution in [3.05, 3.63) is 0 Å². The minimum Gasteiger partial charge on any atom is -0.376 e. The molecule has 0 aromatic carbocycles. The minimum absolute atomic E-state index is 0.0245. The third kappa shape index (κ3) is 10.00. The molecule has 2 aliphatic carbocycles. The number of ether oxygens (including phenoxy) is 7. The average molecular weight is 485 g/mol. The van der Waals surface area contributed by atoms with Gasteiger partial charge >= 0.3 is 0 Å². The molecule has 7 nitrogen and oxygen atoms in total. The smallest absolute Gasteiger partial charge is 0.104 e. The molecule has 2 saturated carbocycles. The lowest BCUT2D eigenvalue weighted by Gasteiger charge is -2.32. The topological polar surface area (TPSA) is 64.6 Å². The van der Waals surface area contributed by atoms with Gasteiger partial charge in [-0.05, 0) is 25.7 Å². The van der Waals surface area contributed by atoms with Gasteiger partial charge in [0.25, 0.3) is 0 Å². The number of hydrogen-bond acceptors (Lipinski definition) is 7. The molecule has 0 aromatic rings. The highest BCUT2D eigenvalue weighted by Crippen LogP contribution is 2.22. The van der Waals surface area contributed by atoms with Crippen molar-refractivity contribution in [3.8, 4) is 0 Å². The molecule has 2 aliphatic heterocycles. The predicted octanol–water partition coefficient (Wildman–Crippen LogP) is 4.44. The van der Waals surface area contributed by atoms with Gasteiger partial charge in [0.1, 0.15) is 24.4 Å². The molecule has 7 heteroatoms.